The van der Waals surface area contributed by atoms with Crippen LogP contribution in [0, 0.1) is 5.82 Å². The highest BCUT2D eigenvalue weighted by molar-refractivity contribution is 7.15. The van der Waals surface area contributed by atoms with Gasteiger partial charge in [-0.2, -0.15) is 13.2 Å². The van der Waals surface area contributed by atoms with E-state index in [4.69, 9.17) is 0 Å². The first-order chi connectivity index (χ1) is 9.82. The summed E-state index contributed by atoms with van der Waals surface area (Å²) in [7, 11) is 0. The molecule has 0 spiro atoms. The van der Waals surface area contributed by atoms with Crippen molar-refractivity contribution in [3.05, 3.63) is 46.6 Å². The van der Waals surface area contributed by atoms with Gasteiger partial charge < -0.3 is 5.32 Å². The number of nitrogens with one attached hydrogen (secondary N) is 1. The summed E-state index contributed by atoms with van der Waals surface area (Å²) in [5, 5.41) is 3.24. The van der Waals surface area contributed by atoms with E-state index in [9.17, 15) is 17.6 Å². The van der Waals surface area contributed by atoms with E-state index in [1.807, 2.05) is 19.9 Å². The number of benzene rings is 1. The third-order valence-electron chi connectivity index (χ3n) is 3.12. The maximum absolute atomic E-state index is 13.3. The number of hydrogen-bond donors (Lipinski definition) is 1. The lowest BCUT2D eigenvalue weighted by molar-refractivity contribution is -0.139. The Labute approximate surface area is 124 Å². The van der Waals surface area contributed by atoms with E-state index < -0.39 is 17.6 Å². The van der Waals surface area contributed by atoms with Crippen LogP contribution in [0.25, 0.3) is 10.4 Å². The number of rotatable bonds is 4. The van der Waals surface area contributed by atoms with E-state index >= 15 is 0 Å². The minimum atomic E-state index is -4.68. The zero-order chi connectivity index (χ0) is 15.6. The molecule has 0 saturated heterocycles. The second-order valence-corrected chi connectivity index (χ2v) is 5.79. The molecule has 114 valence electrons. The number of hydrogen-bond acceptors (Lipinski definition) is 2. The van der Waals surface area contributed by atoms with Crippen molar-refractivity contribution in [2.75, 3.05) is 6.54 Å². The van der Waals surface area contributed by atoms with Crippen LogP contribution in [0.5, 0.6) is 0 Å². The van der Waals surface area contributed by atoms with Crippen LogP contribution in [0.3, 0.4) is 0 Å². The van der Waals surface area contributed by atoms with E-state index in [1.165, 1.54) is 17.4 Å². The zero-order valence-corrected chi connectivity index (χ0v) is 12.4. The maximum atomic E-state index is 13.3. The molecular weight excluding hydrogens is 302 g/mol. The Hall–Kier alpha value is -1.40. The van der Waals surface area contributed by atoms with Gasteiger partial charge in [0.25, 0.3) is 0 Å². The minimum Gasteiger partial charge on any atom is -0.310 e. The van der Waals surface area contributed by atoms with E-state index in [1.54, 1.807) is 6.07 Å². The molecule has 6 heteroatoms. The summed E-state index contributed by atoms with van der Waals surface area (Å²) >= 11 is 1.41. The molecule has 2 aromatic rings. The van der Waals surface area contributed by atoms with Gasteiger partial charge in [-0.1, -0.05) is 13.0 Å². The van der Waals surface area contributed by atoms with Gasteiger partial charge in [0.1, 0.15) is 5.82 Å². The van der Waals surface area contributed by atoms with Crippen molar-refractivity contribution in [1.29, 1.82) is 0 Å². The predicted octanol–water partition coefficient (Wildman–Crippen LogP) is 5.24. The van der Waals surface area contributed by atoms with Crippen LogP contribution in [0.1, 0.15) is 30.3 Å². The van der Waals surface area contributed by atoms with Gasteiger partial charge in [-0.25, -0.2) is 4.39 Å². The fraction of sp³-hybridized carbons (Fsp3) is 0.333. The van der Waals surface area contributed by atoms with Crippen molar-refractivity contribution in [3.63, 3.8) is 0 Å². The van der Waals surface area contributed by atoms with Crippen molar-refractivity contribution < 1.29 is 17.6 Å². The van der Waals surface area contributed by atoms with Crippen LogP contribution in [-0.2, 0) is 6.18 Å². The summed E-state index contributed by atoms with van der Waals surface area (Å²) < 4.78 is 51.5. The zero-order valence-electron chi connectivity index (χ0n) is 11.6. The molecule has 0 radical (unpaired) electrons. The fourth-order valence-electron chi connectivity index (χ4n) is 2.04. The SMILES string of the molecule is CCNC(C)c1ccc(-c2ccc(F)c(C(F)(F)F)c2)s1. The van der Waals surface area contributed by atoms with Crippen molar-refractivity contribution in [2.24, 2.45) is 0 Å². The molecule has 0 aliphatic rings. The Kier molecular flexibility index (Phi) is 4.68. The van der Waals surface area contributed by atoms with E-state index in [-0.39, 0.29) is 6.04 Å². The largest absolute Gasteiger partial charge is 0.419 e. The molecular formula is C15H15F4NS. The van der Waals surface area contributed by atoms with Gasteiger partial charge in [0.15, 0.2) is 0 Å². The van der Waals surface area contributed by atoms with Crippen LogP contribution < -0.4 is 5.32 Å². The summed E-state index contributed by atoms with van der Waals surface area (Å²) in [6.07, 6.45) is -4.68. The Bertz CT molecular complexity index is 618. The number of thiophene rings is 1. The molecule has 0 aliphatic heterocycles. The molecule has 2 rings (SSSR count). The molecule has 0 fully saturated rings. The molecule has 1 unspecified atom stereocenters. The Morgan fingerprint density at radius 2 is 1.90 bits per heavy atom. The van der Waals surface area contributed by atoms with Gasteiger partial charge in [-0.15, -0.1) is 11.3 Å². The van der Waals surface area contributed by atoms with Gasteiger partial charge in [-0.3, -0.25) is 0 Å². The van der Waals surface area contributed by atoms with Crippen LogP contribution >= 0.6 is 11.3 Å². The molecule has 0 amide bonds. The quantitative estimate of drug-likeness (QED) is 0.760. The normalized spacial score (nSPS) is 13.4. The lowest BCUT2D eigenvalue weighted by atomic mass is 10.1. The topological polar surface area (TPSA) is 12.0 Å². The predicted molar refractivity (Wildman–Crippen MR) is 76.8 cm³/mol. The van der Waals surface area contributed by atoms with E-state index in [0.717, 1.165) is 23.6 Å². The highest BCUT2D eigenvalue weighted by atomic mass is 32.1. The third-order valence-corrected chi connectivity index (χ3v) is 4.44. The molecule has 1 aromatic carbocycles. The number of halogens is 4. The van der Waals surface area contributed by atoms with Crippen LogP contribution in [0.4, 0.5) is 17.6 Å². The third kappa shape index (κ3) is 3.63. The summed E-state index contributed by atoms with van der Waals surface area (Å²) in [5.74, 6) is -1.25. The molecule has 1 N–H and O–H groups in total. The smallest absolute Gasteiger partial charge is 0.310 e. The molecule has 0 saturated carbocycles. The second-order valence-electron chi connectivity index (χ2n) is 4.67. The van der Waals surface area contributed by atoms with Gasteiger partial charge in [0.05, 0.1) is 5.56 Å². The van der Waals surface area contributed by atoms with Gasteiger partial charge in [0, 0.05) is 15.8 Å². The summed E-state index contributed by atoms with van der Waals surface area (Å²) in [6, 6.07) is 6.88. The lowest BCUT2D eigenvalue weighted by Crippen LogP contribution is -2.16. The molecule has 1 atom stereocenters. The molecule has 1 nitrogen and oxygen atoms in total. The van der Waals surface area contributed by atoms with Crippen molar-refractivity contribution in [1.82, 2.24) is 5.32 Å². The van der Waals surface area contributed by atoms with Gasteiger partial charge in [-0.05, 0) is 43.3 Å². The lowest BCUT2D eigenvalue weighted by Gasteiger charge is -2.10. The molecule has 0 bridgehead atoms. The highest BCUT2D eigenvalue weighted by Gasteiger charge is 2.34. The Morgan fingerprint density at radius 3 is 2.52 bits per heavy atom. The molecule has 1 heterocycles. The number of alkyl halides is 3. The van der Waals surface area contributed by atoms with Crippen LogP contribution in [-0.4, -0.2) is 6.54 Å². The molecule has 21 heavy (non-hydrogen) atoms. The van der Waals surface area contributed by atoms with Gasteiger partial charge in [0.2, 0.25) is 0 Å². The summed E-state index contributed by atoms with van der Waals surface area (Å²) in [4.78, 5) is 1.73. The second kappa shape index (κ2) is 6.15. The average Bonchev–Trinajstić information content (AvgIpc) is 2.88. The Balaban J connectivity index is 2.35. The van der Waals surface area contributed by atoms with Crippen LogP contribution in [0.15, 0.2) is 30.3 Å². The van der Waals surface area contributed by atoms with Crippen molar-refractivity contribution >= 4 is 11.3 Å². The first kappa shape index (κ1) is 16.0. The fourth-order valence-corrected chi connectivity index (χ4v) is 3.07. The van der Waals surface area contributed by atoms with Crippen molar-refractivity contribution in [3.8, 4) is 10.4 Å². The van der Waals surface area contributed by atoms with E-state index in [2.05, 4.69) is 5.32 Å². The maximum Gasteiger partial charge on any atom is 0.419 e. The standard InChI is InChI=1S/C15H15F4NS/c1-3-20-9(2)13-6-7-14(21-13)10-4-5-12(16)11(8-10)15(17,18)19/h4-9,20H,3H2,1-2H3. The van der Waals surface area contributed by atoms with Gasteiger partial charge >= 0.3 is 6.18 Å². The molecule has 1 aromatic heterocycles. The first-order valence-corrected chi connectivity index (χ1v) is 7.34. The highest BCUT2D eigenvalue weighted by Crippen LogP contribution is 2.37. The average molecular weight is 317 g/mol. The van der Waals surface area contributed by atoms with E-state index in [0.29, 0.717) is 10.4 Å². The summed E-state index contributed by atoms with van der Waals surface area (Å²) in [6.45, 7) is 4.79. The minimum absolute atomic E-state index is 0.135. The Morgan fingerprint density at radius 1 is 1.19 bits per heavy atom. The monoisotopic (exact) mass is 317 g/mol. The first-order valence-electron chi connectivity index (χ1n) is 6.53. The van der Waals surface area contributed by atoms with Crippen molar-refractivity contribution in [2.45, 2.75) is 26.1 Å². The summed E-state index contributed by atoms with van der Waals surface area (Å²) in [5.41, 5.74) is -0.849. The molecule has 0 aliphatic carbocycles. The van der Waals surface area contributed by atoms with Crippen LogP contribution in [0.2, 0.25) is 0 Å².